The Balaban J connectivity index is 0.000000479. The summed E-state index contributed by atoms with van der Waals surface area (Å²) in [6.45, 7) is 6.63. The maximum atomic E-state index is 9.85. The SMILES string of the molecule is CCCc1cc(-c2noc3cc(Cl)ccc23)ccc1Oc1cccc(CC(C)C)c1.COC(=O)NC=O. The monoisotopic (exact) mass is 522 g/mol. The Kier molecular flexibility index (Phi) is 10.1. The Labute approximate surface area is 221 Å². The van der Waals surface area contributed by atoms with E-state index in [1.807, 2.05) is 30.3 Å². The summed E-state index contributed by atoms with van der Waals surface area (Å²) in [6.07, 6.45) is 2.52. The van der Waals surface area contributed by atoms with Crippen molar-refractivity contribution < 1.29 is 23.6 Å². The topological polar surface area (TPSA) is 90.7 Å². The standard InChI is InChI=1S/C26H26ClNO2.C3H5NO3/c1-4-6-19-15-20(26-23-11-10-21(27)16-25(23)30-28-26)9-12-24(19)29-22-8-5-7-18(14-22)13-17(2)3;1-7-3(6)4-2-5/h5,7-12,14-17H,4,6,13H2,1-3H3;2H,1H3,(H,4,5,6). The number of amides is 2. The van der Waals surface area contributed by atoms with Gasteiger partial charge >= 0.3 is 6.09 Å². The van der Waals surface area contributed by atoms with E-state index in [4.69, 9.17) is 20.9 Å². The molecule has 8 heteroatoms. The van der Waals surface area contributed by atoms with Gasteiger partial charge in [0, 0.05) is 22.0 Å². The first-order valence-corrected chi connectivity index (χ1v) is 12.5. The summed E-state index contributed by atoms with van der Waals surface area (Å²) in [5.74, 6) is 2.38. The molecule has 0 aliphatic carbocycles. The number of aryl methyl sites for hydroxylation is 1. The largest absolute Gasteiger partial charge is 0.457 e. The van der Waals surface area contributed by atoms with Gasteiger partial charge < -0.3 is 14.0 Å². The summed E-state index contributed by atoms with van der Waals surface area (Å²) in [7, 11) is 1.18. The van der Waals surface area contributed by atoms with Crippen molar-refractivity contribution in [2.75, 3.05) is 7.11 Å². The van der Waals surface area contributed by atoms with E-state index in [2.05, 4.69) is 54.9 Å². The second kappa shape index (κ2) is 13.5. The molecule has 194 valence electrons. The molecule has 0 radical (unpaired) electrons. The van der Waals surface area contributed by atoms with Gasteiger partial charge in [-0.1, -0.05) is 56.1 Å². The number of rotatable bonds is 8. The van der Waals surface area contributed by atoms with Gasteiger partial charge in [-0.3, -0.25) is 10.1 Å². The second-order valence-electron chi connectivity index (χ2n) is 8.85. The van der Waals surface area contributed by atoms with Crippen LogP contribution in [-0.4, -0.2) is 24.8 Å². The number of alkyl carbamates (subject to hydrolysis) is 1. The molecule has 0 saturated carbocycles. The van der Waals surface area contributed by atoms with Crippen LogP contribution >= 0.6 is 11.6 Å². The van der Waals surface area contributed by atoms with Crippen molar-refractivity contribution in [1.29, 1.82) is 0 Å². The van der Waals surface area contributed by atoms with Crippen molar-refractivity contribution >= 4 is 35.1 Å². The molecule has 4 aromatic rings. The number of hydrogen-bond donors (Lipinski definition) is 1. The molecule has 0 saturated heterocycles. The maximum absolute atomic E-state index is 9.85. The number of aromatic nitrogens is 1. The summed E-state index contributed by atoms with van der Waals surface area (Å²) in [6, 6.07) is 20.2. The molecule has 0 atom stereocenters. The molecular weight excluding hydrogens is 492 g/mol. The average molecular weight is 523 g/mol. The molecule has 1 aromatic heterocycles. The highest BCUT2D eigenvalue weighted by atomic mass is 35.5. The lowest BCUT2D eigenvalue weighted by atomic mass is 10.0. The van der Waals surface area contributed by atoms with Gasteiger partial charge in [0.05, 0.1) is 7.11 Å². The fraction of sp³-hybridized carbons (Fsp3) is 0.276. The van der Waals surface area contributed by atoms with Crippen LogP contribution in [0.4, 0.5) is 4.79 Å². The number of fused-ring (bicyclic) bond motifs is 1. The Morgan fingerprint density at radius 3 is 2.62 bits per heavy atom. The molecule has 1 heterocycles. The summed E-state index contributed by atoms with van der Waals surface area (Å²) >= 11 is 6.07. The molecule has 4 rings (SSSR count). The minimum absolute atomic E-state index is 0.256. The van der Waals surface area contributed by atoms with Gasteiger partial charge in [0.1, 0.15) is 17.2 Å². The molecule has 3 aromatic carbocycles. The van der Waals surface area contributed by atoms with Crippen molar-refractivity contribution in [2.24, 2.45) is 5.92 Å². The number of nitrogens with one attached hydrogen (secondary N) is 1. The van der Waals surface area contributed by atoms with Crippen LogP contribution in [0.3, 0.4) is 0 Å². The van der Waals surface area contributed by atoms with Crippen LogP contribution in [0.15, 0.2) is 65.2 Å². The summed E-state index contributed by atoms with van der Waals surface area (Å²) < 4.78 is 15.8. The lowest BCUT2D eigenvalue weighted by Crippen LogP contribution is -2.20. The first-order valence-electron chi connectivity index (χ1n) is 12.1. The predicted octanol–water partition coefficient (Wildman–Crippen LogP) is 7.59. The highest BCUT2D eigenvalue weighted by Gasteiger charge is 2.14. The smallest absolute Gasteiger partial charge is 0.413 e. The number of carbonyl (C=O) groups is 2. The van der Waals surface area contributed by atoms with E-state index in [1.165, 1.54) is 12.7 Å². The molecule has 0 fully saturated rings. The van der Waals surface area contributed by atoms with E-state index >= 15 is 0 Å². The first kappa shape index (κ1) is 27.7. The fourth-order valence-electron chi connectivity index (χ4n) is 3.85. The van der Waals surface area contributed by atoms with Crippen LogP contribution in [0.5, 0.6) is 11.5 Å². The lowest BCUT2D eigenvalue weighted by Gasteiger charge is -2.13. The maximum Gasteiger partial charge on any atom is 0.413 e. The van der Waals surface area contributed by atoms with Gasteiger partial charge in [-0.05, 0) is 72.4 Å². The van der Waals surface area contributed by atoms with Crippen LogP contribution in [0.25, 0.3) is 22.2 Å². The van der Waals surface area contributed by atoms with Gasteiger partial charge in [-0.2, -0.15) is 0 Å². The van der Waals surface area contributed by atoms with Crippen molar-refractivity contribution in [3.8, 4) is 22.8 Å². The quantitative estimate of drug-likeness (QED) is 0.240. The normalized spacial score (nSPS) is 10.5. The van der Waals surface area contributed by atoms with Crippen LogP contribution in [0.1, 0.15) is 38.3 Å². The van der Waals surface area contributed by atoms with Gasteiger partial charge in [-0.15, -0.1) is 0 Å². The molecule has 0 aliphatic rings. The molecule has 37 heavy (non-hydrogen) atoms. The number of nitrogens with zero attached hydrogens (tertiary/aromatic N) is 1. The van der Waals surface area contributed by atoms with E-state index in [9.17, 15) is 9.59 Å². The number of ether oxygens (including phenoxy) is 2. The van der Waals surface area contributed by atoms with E-state index in [0.29, 0.717) is 16.5 Å². The predicted molar refractivity (Wildman–Crippen MR) is 145 cm³/mol. The van der Waals surface area contributed by atoms with Crippen molar-refractivity contribution in [1.82, 2.24) is 10.5 Å². The zero-order chi connectivity index (χ0) is 26.8. The van der Waals surface area contributed by atoms with E-state index in [-0.39, 0.29) is 6.41 Å². The van der Waals surface area contributed by atoms with E-state index < -0.39 is 6.09 Å². The van der Waals surface area contributed by atoms with Gasteiger partial charge in [0.15, 0.2) is 5.58 Å². The number of methoxy groups -OCH3 is 1. The van der Waals surface area contributed by atoms with Crippen LogP contribution in [-0.2, 0) is 22.4 Å². The third kappa shape index (κ3) is 7.82. The highest BCUT2D eigenvalue weighted by molar-refractivity contribution is 6.31. The second-order valence-corrected chi connectivity index (χ2v) is 9.28. The summed E-state index contributed by atoms with van der Waals surface area (Å²) in [4.78, 5) is 19.2. The molecule has 0 spiro atoms. The van der Waals surface area contributed by atoms with Gasteiger partial charge in [0.25, 0.3) is 0 Å². The Morgan fingerprint density at radius 2 is 1.95 bits per heavy atom. The third-order valence-corrected chi connectivity index (χ3v) is 5.65. The molecule has 0 unspecified atom stereocenters. The van der Waals surface area contributed by atoms with Crippen molar-refractivity contribution in [3.63, 3.8) is 0 Å². The highest BCUT2D eigenvalue weighted by Crippen LogP contribution is 2.34. The molecule has 0 aliphatic heterocycles. The molecule has 7 nitrogen and oxygen atoms in total. The van der Waals surface area contributed by atoms with E-state index in [0.717, 1.165) is 53.0 Å². The Hall–Kier alpha value is -3.84. The molecule has 0 bridgehead atoms. The number of imide groups is 1. The number of hydrogen-bond acceptors (Lipinski definition) is 6. The molecule has 1 N–H and O–H groups in total. The zero-order valence-corrected chi connectivity index (χ0v) is 22.2. The van der Waals surface area contributed by atoms with E-state index in [1.54, 1.807) is 11.4 Å². The zero-order valence-electron chi connectivity index (χ0n) is 21.4. The minimum atomic E-state index is -0.741. The van der Waals surface area contributed by atoms with Gasteiger partial charge in [-0.25, -0.2) is 4.79 Å². The minimum Gasteiger partial charge on any atom is -0.457 e. The van der Waals surface area contributed by atoms with Crippen LogP contribution < -0.4 is 10.1 Å². The first-order chi connectivity index (χ1) is 17.8. The Bertz CT molecular complexity index is 1350. The number of benzene rings is 3. The van der Waals surface area contributed by atoms with Crippen LogP contribution in [0.2, 0.25) is 5.02 Å². The molecular formula is C29H31ClN2O5. The summed E-state index contributed by atoms with van der Waals surface area (Å²) in [5.41, 5.74) is 4.99. The Morgan fingerprint density at radius 1 is 1.14 bits per heavy atom. The number of carbonyl (C=O) groups excluding carboxylic acids is 2. The third-order valence-electron chi connectivity index (χ3n) is 5.42. The number of halogens is 1. The van der Waals surface area contributed by atoms with Crippen LogP contribution in [0, 0.1) is 5.92 Å². The van der Waals surface area contributed by atoms with Crippen molar-refractivity contribution in [3.05, 3.63) is 76.8 Å². The lowest BCUT2D eigenvalue weighted by molar-refractivity contribution is -0.108. The average Bonchev–Trinajstić information content (AvgIpc) is 3.28. The molecule has 2 amide bonds. The van der Waals surface area contributed by atoms with Gasteiger partial charge in [0.2, 0.25) is 6.41 Å². The summed E-state index contributed by atoms with van der Waals surface area (Å²) in [5, 5.41) is 7.63. The fourth-order valence-corrected chi connectivity index (χ4v) is 4.01. The van der Waals surface area contributed by atoms with Crippen molar-refractivity contribution in [2.45, 2.75) is 40.0 Å².